The molecule has 1 atom stereocenters. The lowest BCUT2D eigenvalue weighted by atomic mass is 9.95. The molecular weight excluding hydrogens is 286 g/mol. The van der Waals surface area contributed by atoms with Gasteiger partial charge in [0.25, 0.3) is 0 Å². The van der Waals surface area contributed by atoms with Crippen LogP contribution in [-0.4, -0.2) is 43.5 Å². The Bertz CT molecular complexity index is 478. The fourth-order valence-electron chi connectivity index (χ4n) is 2.94. The SMILES string of the molecule is CCCCC[C@H](CN1CCOCC1)C(=O)/C=C\c1ccccc1. The molecule has 0 unspecified atom stereocenters. The number of nitrogens with zero attached hydrogens (tertiary/aromatic N) is 1. The van der Waals surface area contributed by atoms with Gasteiger partial charge in [0.15, 0.2) is 5.78 Å². The molecule has 0 aromatic heterocycles. The first-order chi connectivity index (χ1) is 11.3. The first kappa shape index (κ1) is 17.9. The van der Waals surface area contributed by atoms with E-state index in [2.05, 4.69) is 11.8 Å². The van der Waals surface area contributed by atoms with E-state index in [1.807, 2.05) is 36.4 Å². The van der Waals surface area contributed by atoms with Crippen molar-refractivity contribution in [2.75, 3.05) is 32.8 Å². The Kier molecular flexibility index (Phi) is 8.05. The molecule has 1 aliphatic rings. The minimum absolute atomic E-state index is 0.111. The van der Waals surface area contributed by atoms with Gasteiger partial charge >= 0.3 is 0 Å². The van der Waals surface area contributed by atoms with E-state index < -0.39 is 0 Å². The topological polar surface area (TPSA) is 29.5 Å². The quantitative estimate of drug-likeness (QED) is 0.513. The zero-order chi connectivity index (χ0) is 16.3. The molecule has 23 heavy (non-hydrogen) atoms. The molecular formula is C20H29NO2. The first-order valence-electron chi connectivity index (χ1n) is 8.86. The number of hydrogen-bond donors (Lipinski definition) is 0. The van der Waals surface area contributed by atoms with Crippen molar-refractivity contribution in [1.82, 2.24) is 4.90 Å². The summed E-state index contributed by atoms with van der Waals surface area (Å²) < 4.78 is 5.41. The van der Waals surface area contributed by atoms with E-state index in [9.17, 15) is 4.79 Å². The summed E-state index contributed by atoms with van der Waals surface area (Å²) in [7, 11) is 0. The van der Waals surface area contributed by atoms with E-state index in [-0.39, 0.29) is 11.7 Å². The molecule has 0 aliphatic carbocycles. The number of rotatable bonds is 9. The molecule has 1 heterocycles. The molecule has 0 radical (unpaired) electrons. The molecule has 3 nitrogen and oxygen atoms in total. The van der Waals surface area contributed by atoms with Gasteiger partial charge in [0.2, 0.25) is 0 Å². The average molecular weight is 315 g/mol. The maximum absolute atomic E-state index is 12.6. The third-order valence-electron chi connectivity index (χ3n) is 4.38. The van der Waals surface area contributed by atoms with Crippen LogP contribution in [0.25, 0.3) is 6.08 Å². The Morgan fingerprint density at radius 1 is 1.22 bits per heavy atom. The minimum Gasteiger partial charge on any atom is -0.379 e. The number of allylic oxidation sites excluding steroid dienone is 1. The summed E-state index contributed by atoms with van der Waals surface area (Å²) in [6.07, 6.45) is 8.23. The zero-order valence-electron chi connectivity index (χ0n) is 14.2. The van der Waals surface area contributed by atoms with Crippen LogP contribution in [0.15, 0.2) is 36.4 Å². The highest BCUT2D eigenvalue weighted by Gasteiger charge is 2.21. The highest BCUT2D eigenvalue weighted by atomic mass is 16.5. The molecule has 1 fully saturated rings. The molecule has 0 bridgehead atoms. The maximum Gasteiger partial charge on any atom is 0.160 e. The number of morpholine rings is 1. The standard InChI is InChI=1S/C20H29NO2/c1-2-3-5-10-19(17-21-13-15-23-16-14-21)20(22)12-11-18-8-6-4-7-9-18/h4,6-9,11-12,19H,2-3,5,10,13-17H2,1H3/b12-11-/t19-/m1/s1. The largest absolute Gasteiger partial charge is 0.379 e. The van der Waals surface area contributed by atoms with Crippen LogP contribution in [0.4, 0.5) is 0 Å². The zero-order valence-corrected chi connectivity index (χ0v) is 14.2. The van der Waals surface area contributed by atoms with Crippen LogP contribution in [0.1, 0.15) is 38.2 Å². The molecule has 1 aromatic rings. The second kappa shape index (κ2) is 10.3. The van der Waals surface area contributed by atoms with Crippen LogP contribution >= 0.6 is 0 Å². The smallest absolute Gasteiger partial charge is 0.160 e. The fraction of sp³-hybridized carbons (Fsp3) is 0.550. The lowest BCUT2D eigenvalue weighted by molar-refractivity contribution is -0.119. The first-order valence-corrected chi connectivity index (χ1v) is 8.86. The van der Waals surface area contributed by atoms with Gasteiger partial charge in [0.1, 0.15) is 0 Å². The van der Waals surface area contributed by atoms with Gasteiger partial charge in [-0.3, -0.25) is 9.69 Å². The van der Waals surface area contributed by atoms with Gasteiger partial charge in [-0.15, -0.1) is 0 Å². The fourth-order valence-corrected chi connectivity index (χ4v) is 2.94. The van der Waals surface area contributed by atoms with Crippen molar-refractivity contribution in [3.05, 3.63) is 42.0 Å². The van der Waals surface area contributed by atoms with Gasteiger partial charge in [-0.05, 0) is 18.1 Å². The maximum atomic E-state index is 12.6. The normalized spacial score (nSPS) is 17.4. The predicted molar refractivity (Wildman–Crippen MR) is 95.4 cm³/mol. The number of benzene rings is 1. The summed E-state index contributed by atoms with van der Waals surface area (Å²) in [5.41, 5.74) is 1.08. The van der Waals surface area contributed by atoms with Crippen LogP contribution in [-0.2, 0) is 9.53 Å². The summed E-state index contributed by atoms with van der Waals surface area (Å²) in [5, 5.41) is 0. The average Bonchev–Trinajstić information content (AvgIpc) is 2.61. The van der Waals surface area contributed by atoms with Gasteiger partial charge in [-0.2, -0.15) is 0 Å². The van der Waals surface area contributed by atoms with Crippen molar-refractivity contribution in [3.63, 3.8) is 0 Å². The van der Waals surface area contributed by atoms with Crippen molar-refractivity contribution < 1.29 is 9.53 Å². The van der Waals surface area contributed by atoms with E-state index in [1.54, 1.807) is 6.08 Å². The van der Waals surface area contributed by atoms with E-state index >= 15 is 0 Å². The van der Waals surface area contributed by atoms with Crippen LogP contribution in [0.5, 0.6) is 0 Å². The van der Waals surface area contributed by atoms with Crippen molar-refractivity contribution >= 4 is 11.9 Å². The van der Waals surface area contributed by atoms with Gasteiger partial charge in [-0.1, -0.05) is 62.6 Å². The third-order valence-corrected chi connectivity index (χ3v) is 4.38. The minimum atomic E-state index is 0.111. The molecule has 2 rings (SSSR count). The molecule has 1 saturated heterocycles. The lowest BCUT2D eigenvalue weighted by Gasteiger charge is -2.29. The number of ether oxygens (including phenoxy) is 1. The monoisotopic (exact) mass is 315 g/mol. The van der Waals surface area contributed by atoms with Crippen molar-refractivity contribution in [3.8, 4) is 0 Å². The van der Waals surface area contributed by atoms with E-state index in [1.165, 1.54) is 12.8 Å². The van der Waals surface area contributed by atoms with Gasteiger partial charge < -0.3 is 4.74 Å². The van der Waals surface area contributed by atoms with Crippen LogP contribution in [0, 0.1) is 5.92 Å². The highest BCUT2D eigenvalue weighted by Crippen LogP contribution is 2.15. The molecule has 1 aromatic carbocycles. The number of hydrogen-bond acceptors (Lipinski definition) is 3. The predicted octanol–water partition coefficient (Wildman–Crippen LogP) is 3.80. The Hall–Kier alpha value is -1.45. The second-order valence-electron chi connectivity index (χ2n) is 6.25. The van der Waals surface area contributed by atoms with E-state index in [4.69, 9.17) is 4.74 Å². The molecule has 0 saturated carbocycles. The Balaban J connectivity index is 1.93. The molecule has 1 aliphatic heterocycles. The van der Waals surface area contributed by atoms with Crippen molar-refractivity contribution in [1.29, 1.82) is 0 Å². The summed E-state index contributed by atoms with van der Waals surface area (Å²) in [6.45, 7) is 6.53. The summed E-state index contributed by atoms with van der Waals surface area (Å²) >= 11 is 0. The Morgan fingerprint density at radius 3 is 2.65 bits per heavy atom. The van der Waals surface area contributed by atoms with Crippen LogP contribution in [0.2, 0.25) is 0 Å². The molecule has 126 valence electrons. The van der Waals surface area contributed by atoms with Gasteiger partial charge in [0.05, 0.1) is 13.2 Å². The molecule has 0 amide bonds. The highest BCUT2D eigenvalue weighted by molar-refractivity contribution is 5.95. The van der Waals surface area contributed by atoms with Gasteiger partial charge in [0, 0.05) is 25.6 Å². The van der Waals surface area contributed by atoms with Crippen LogP contribution in [0.3, 0.4) is 0 Å². The Labute approximate surface area is 140 Å². The van der Waals surface area contributed by atoms with Crippen molar-refractivity contribution in [2.24, 2.45) is 5.92 Å². The van der Waals surface area contributed by atoms with Crippen molar-refractivity contribution in [2.45, 2.75) is 32.6 Å². The lowest BCUT2D eigenvalue weighted by Crippen LogP contribution is -2.40. The molecule has 0 N–H and O–H groups in total. The second-order valence-corrected chi connectivity index (χ2v) is 6.25. The number of ketones is 1. The number of unbranched alkanes of at least 4 members (excludes halogenated alkanes) is 2. The number of carbonyl (C=O) groups is 1. The summed E-state index contributed by atoms with van der Waals surface area (Å²) in [4.78, 5) is 15.0. The third kappa shape index (κ3) is 6.67. The van der Waals surface area contributed by atoms with Crippen LogP contribution < -0.4 is 0 Å². The number of carbonyl (C=O) groups excluding carboxylic acids is 1. The van der Waals surface area contributed by atoms with Gasteiger partial charge in [-0.25, -0.2) is 0 Å². The Morgan fingerprint density at radius 2 is 1.96 bits per heavy atom. The molecule has 3 heteroatoms. The van der Waals surface area contributed by atoms with E-state index in [0.717, 1.165) is 51.3 Å². The summed E-state index contributed by atoms with van der Waals surface area (Å²) in [6, 6.07) is 10.0. The molecule has 0 spiro atoms. The summed E-state index contributed by atoms with van der Waals surface area (Å²) in [5.74, 6) is 0.371. The van der Waals surface area contributed by atoms with E-state index in [0.29, 0.717) is 0 Å².